The minimum absolute atomic E-state index is 0.0689. The molecule has 8 nitrogen and oxygen atoms in total. The molecule has 1 N–H and O–H groups in total. The molecule has 1 spiro atoms. The Bertz CT molecular complexity index is 694. The second-order valence-corrected chi connectivity index (χ2v) is 8.18. The van der Waals surface area contributed by atoms with Crippen LogP contribution in [0.25, 0.3) is 0 Å². The maximum absolute atomic E-state index is 12.5. The van der Waals surface area contributed by atoms with Gasteiger partial charge in [0, 0.05) is 25.2 Å². The van der Waals surface area contributed by atoms with Gasteiger partial charge in [-0.15, -0.1) is 0 Å². The maximum Gasteiger partial charge on any atom is 0.410 e. The zero-order valence-electron chi connectivity index (χ0n) is 15.7. The van der Waals surface area contributed by atoms with Gasteiger partial charge in [0.1, 0.15) is 11.4 Å². The van der Waals surface area contributed by atoms with Crippen LogP contribution in [0.1, 0.15) is 56.9 Å². The number of aromatic carboxylic acids is 1. The van der Waals surface area contributed by atoms with Crippen molar-refractivity contribution >= 4 is 17.9 Å². The molecule has 1 unspecified atom stereocenters. The molecule has 1 saturated carbocycles. The summed E-state index contributed by atoms with van der Waals surface area (Å²) in [5.74, 6) is -0.448. The Kier molecular flexibility index (Phi) is 4.54. The first kappa shape index (κ1) is 18.4. The van der Waals surface area contributed by atoms with Gasteiger partial charge in [0.25, 0.3) is 0 Å². The first-order chi connectivity index (χ1) is 12.1. The van der Waals surface area contributed by atoms with Crippen LogP contribution in [0.5, 0.6) is 0 Å². The van der Waals surface area contributed by atoms with Crippen LogP contribution in [0.15, 0.2) is 12.4 Å². The second-order valence-electron chi connectivity index (χ2n) is 8.18. The summed E-state index contributed by atoms with van der Waals surface area (Å²) in [6, 6.07) is 0.223. The zero-order chi connectivity index (χ0) is 19.1. The number of carbonyl (C=O) groups is 2. The molecule has 1 saturated heterocycles. The summed E-state index contributed by atoms with van der Waals surface area (Å²) in [4.78, 5) is 35.5. The van der Waals surface area contributed by atoms with E-state index in [1.807, 2.05) is 37.6 Å². The van der Waals surface area contributed by atoms with Crippen LogP contribution in [0.2, 0.25) is 0 Å². The number of amides is 1. The molecule has 3 rings (SSSR count). The summed E-state index contributed by atoms with van der Waals surface area (Å²) < 4.78 is 5.56. The number of ether oxygens (including phenoxy) is 1. The highest BCUT2D eigenvalue weighted by Gasteiger charge is 2.55. The average Bonchev–Trinajstić information content (AvgIpc) is 3.31. The maximum atomic E-state index is 12.5. The first-order valence-electron chi connectivity index (χ1n) is 8.90. The predicted molar refractivity (Wildman–Crippen MR) is 95.3 cm³/mol. The third-order valence-electron chi connectivity index (χ3n) is 5.08. The molecule has 0 radical (unpaired) electrons. The summed E-state index contributed by atoms with van der Waals surface area (Å²) in [6.07, 6.45) is 6.16. The minimum Gasteiger partial charge on any atom is -0.476 e. The molecule has 1 aliphatic carbocycles. The molecule has 1 aliphatic heterocycles. The van der Waals surface area contributed by atoms with Crippen LogP contribution in [-0.4, -0.2) is 62.8 Å². The van der Waals surface area contributed by atoms with Crippen molar-refractivity contribution in [2.75, 3.05) is 18.5 Å². The van der Waals surface area contributed by atoms with Gasteiger partial charge in [0.15, 0.2) is 5.69 Å². The number of rotatable bonds is 3. The topological polar surface area (TPSA) is 95.9 Å². The van der Waals surface area contributed by atoms with Crippen molar-refractivity contribution < 1.29 is 19.4 Å². The van der Waals surface area contributed by atoms with E-state index in [-0.39, 0.29) is 23.4 Å². The fourth-order valence-corrected chi connectivity index (χ4v) is 3.52. The van der Waals surface area contributed by atoms with Crippen molar-refractivity contribution in [3.8, 4) is 0 Å². The third kappa shape index (κ3) is 3.73. The highest BCUT2D eigenvalue weighted by Crippen LogP contribution is 2.49. The van der Waals surface area contributed by atoms with Crippen molar-refractivity contribution in [3.05, 3.63) is 18.1 Å². The Labute approximate surface area is 153 Å². The van der Waals surface area contributed by atoms with Crippen LogP contribution in [0.4, 0.5) is 10.6 Å². The molecule has 1 aromatic heterocycles. The molecule has 0 bridgehead atoms. The Balaban J connectivity index is 1.68. The lowest BCUT2D eigenvalue weighted by atomic mass is 9.94. The van der Waals surface area contributed by atoms with Gasteiger partial charge in [-0.1, -0.05) is 0 Å². The van der Waals surface area contributed by atoms with Crippen LogP contribution >= 0.6 is 0 Å². The molecule has 1 amide bonds. The first-order valence-corrected chi connectivity index (χ1v) is 8.90. The Morgan fingerprint density at radius 2 is 2.00 bits per heavy atom. The zero-order valence-corrected chi connectivity index (χ0v) is 15.7. The van der Waals surface area contributed by atoms with Gasteiger partial charge in [-0.05, 0) is 46.5 Å². The standard InChI is InChI=1S/C18H26N4O4/c1-17(2,3)26-16(25)22-8-5-12(9-18(22)6-7-18)21(4)14-11-19-13(10-20-14)15(23)24/h10-12H,5-9H2,1-4H3,(H,23,24). The van der Waals surface area contributed by atoms with Crippen LogP contribution < -0.4 is 4.90 Å². The van der Waals surface area contributed by atoms with Gasteiger partial charge in [-0.2, -0.15) is 0 Å². The number of carbonyl (C=O) groups excluding carboxylic acids is 1. The van der Waals surface area contributed by atoms with E-state index in [9.17, 15) is 9.59 Å². The number of anilines is 1. The van der Waals surface area contributed by atoms with Gasteiger partial charge in [-0.3, -0.25) is 0 Å². The molecular weight excluding hydrogens is 336 g/mol. The van der Waals surface area contributed by atoms with Gasteiger partial charge in [0.2, 0.25) is 0 Å². The molecule has 2 heterocycles. The molecule has 26 heavy (non-hydrogen) atoms. The fourth-order valence-electron chi connectivity index (χ4n) is 3.52. The van der Waals surface area contributed by atoms with E-state index in [0.29, 0.717) is 12.4 Å². The minimum atomic E-state index is -1.09. The fraction of sp³-hybridized carbons (Fsp3) is 0.667. The Morgan fingerprint density at radius 1 is 1.31 bits per heavy atom. The van der Waals surface area contributed by atoms with Gasteiger partial charge in [0.05, 0.1) is 12.4 Å². The number of hydrogen-bond acceptors (Lipinski definition) is 6. The summed E-state index contributed by atoms with van der Waals surface area (Å²) in [5, 5.41) is 8.94. The predicted octanol–water partition coefficient (Wildman–Crippen LogP) is 2.54. The number of carboxylic acid groups (broad SMARTS) is 1. The molecule has 2 aliphatic rings. The number of aromatic nitrogens is 2. The van der Waals surface area contributed by atoms with E-state index >= 15 is 0 Å². The van der Waals surface area contributed by atoms with E-state index in [0.717, 1.165) is 25.7 Å². The summed E-state index contributed by atoms with van der Waals surface area (Å²) in [7, 11) is 1.94. The number of piperidine rings is 1. The van der Waals surface area contributed by atoms with Crippen molar-refractivity contribution in [1.29, 1.82) is 0 Å². The number of nitrogens with zero attached hydrogens (tertiary/aromatic N) is 4. The van der Waals surface area contributed by atoms with E-state index in [1.165, 1.54) is 12.4 Å². The van der Waals surface area contributed by atoms with Crippen molar-refractivity contribution in [1.82, 2.24) is 14.9 Å². The molecule has 2 fully saturated rings. The third-order valence-corrected chi connectivity index (χ3v) is 5.08. The SMILES string of the molecule is CN(c1cnc(C(=O)O)cn1)C1CCN(C(=O)OC(C)(C)C)C2(CC2)C1. The van der Waals surface area contributed by atoms with Crippen LogP contribution in [0.3, 0.4) is 0 Å². The molecule has 8 heteroatoms. The van der Waals surface area contributed by atoms with Crippen molar-refractivity contribution in [2.24, 2.45) is 0 Å². The molecular formula is C18H26N4O4. The molecule has 1 aromatic rings. The van der Waals surface area contributed by atoms with Gasteiger partial charge >= 0.3 is 12.1 Å². The quantitative estimate of drug-likeness (QED) is 0.882. The van der Waals surface area contributed by atoms with Crippen molar-refractivity contribution in [3.63, 3.8) is 0 Å². The van der Waals surface area contributed by atoms with Gasteiger partial charge in [-0.25, -0.2) is 19.6 Å². The lowest BCUT2D eigenvalue weighted by Gasteiger charge is -2.43. The number of carboxylic acids is 1. The monoisotopic (exact) mass is 362 g/mol. The van der Waals surface area contributed by atoms with Crippen LogP contribution in [-0.2, 0) is 4.74 Å². The Morgan fingerprint density at radius 3 is 2.50 bits per heavy atom. The number of hydrogen-bond donors (Lipinski definition) is 1. The summed E-state index contributed by atoms with van der Waals surface area (Å²) in [6.45, 7) is 6.28. The van der Waals surface area contributed by atoms with E-state index in [1.54, 1.807) is 0 Å². The molecule has 1 atom stereocenters. The van der Waals surface area contributed by atoms with E-state index in [2.05, 4.69) is 9.97 Å². The highest BCUT2D eigenvalue weighted by molar-refractivity contribution is 5.84. The second kappa shape index (κ2) is 6.41. The smallest absolute Gasteiger partial charge is 0.410 e. The Hall–Kier alpha value is -2.38. The summed E-state index contributed by atoms with van der Waals surface area (Å²) in [5.41, 5.74) is -0.684. The van der Waals surface area contributed by atoms with E-state index < -0.39 is 11.6 Å². The van der Waals surface area contributed by atoms with Crippen molar-refractivity contribution in [2.45, 2.75) is 63.6 Å². The van der Waals surface area contributed by atoms with Gasteiger partial charge < -0.3 is 19.6 Å². The lowest BCUT2D eigenvalue weighted by Crippen LogP contribution is -2.54. The number of likely N-dealkylation sites (tertiary alicyclic amines) is 1. The largest absolute Gasteiger partial charge is 0.476 e. The van der Waals surface area contributed by atoms with E-state index in [4.69, 9.17) is 9.84 Å². The normalized spacial score (nSPS) is 21.4. The van der Waals surface area contributed by atoms with Crippen LogP contribution in [0, 0.1) is 0 Å². The molecule has 0 aromatic carbocycles. The molecule has 142 valence electrons. The average molecular weight is 362 g/mol. The highest BCUT2D eigenvalue weighted by atomic mass is 16.6. The lowest BCUT2D eigenvalue weighted by molar-refractivity contribution is 0.00385. The summed E-state index contributed by atoms with van der Waals surface area (Å²) >= 11 is 0.